The molecule has 110 valence electrons. The molecule has 0 unspecified atom stereocenters. The Labute approximate surface area is 121 Å². The minimum Gasteiger partial charge on any atom is -0.466 e. The molecule has 0 heterocycles. The normalized spacial score (nSPS) is 11.3. The van der Waals surface area contributed by atoms with Gasteiger partial charge in [0, 0.05) is 12.0 Å². The van der Waals surface area contributed by atoms with Gasteiger partial charge in [-0.05, 0) is 44.9 Å². The zero-order valence-corrected chi connectivity index (χ0v) is 13.1. The Balaban J connectivity index is 3.11. The van der Waals surface area contributed by atoms with E-state index in [1.165, 1.54) is 0 Å². The molecule has 3 heteroatoms. The van der Waals surface area contributed by atoms with Crippen LogP contribution in [0.5, 0.6) is 5.75 Å². The van der Waals surface area contributed by atoms with E-state index in [-0.39, 0.29) is 12.4 Å². The van der Waals surface area contributed by atoms with Crippen molar-refractivity contribution in [3.8, 4) is 5.75 Å². The van der Waals surface area contributed by atoms with Crippen molar-refractivity contribution in [2.75, 3.05) is 6.61 Å². The molecule has 0 radical (unpaired) electrons. The topological polar surface area (TPSA) is 35.5 Å². The number of allylic oxidation sites excluding steroid dienone is 2. The van der Waals surface area contributed by atoms with Crippen molar-refractivity contribution < 1.29 is 14.3 Å². The lowest BCUT2D eigenvalue weighted by molar-refractivity contribution is -0.142. The summed E-state index contributed by atoms with van der Waals surface area (Å²) in [4.78, 5) is 11.7. The quantitative estimate of drug-likeness (QED) is 0.579. The highest BCUT2D eigenvalue weighted by Crippen LogP contribution is 2.29. The lowest BCUT2D eigenvalue weighted by Gasteiger charge is -2.16. The van der Waals surface area contributed by atoms with E-state index in [9.17, 15) is 4.79 Å². The molecule has 0 amide bonds. The Bertz CT molecular complexity index is 501. The monoisotopic (exact) mass is 276 g/mol. The predicted molar refractivity (Wildman–Crippen MR) is 80.9 cm³/mol. The van der Waals surface area contributed by atoms with Crippen molar-refractivity contribution in [2.24, 2.45) is 0 Å². The molecule has 0 aromatic heterocycles. The largest absolute Gasteiger partial charge is 0.466 e. The molecule has 3 nitrogen and oxygen atoms in total. The van der Waals surface area contributed by atoms with Crippen LogP contribution in [0.3, 0.4) is 0 Å². The zero-order chi connectivity index (χ0) is 15.1. The Morgan fingerprint density at radius 2 is 1.95 bits per heavy atom. The molecule has 1 rings (SSSR count). The Hall–Kier alpha value is -1.77. The van der Waals surface area contributed by atoms with Gasteiger partial charge in [-0.1, -0.05) is 19.1 Å². The van der Waals surface area contributed by atoms with E-state index >= 15 is 0 Å². The van der Waals surface area contributed by atoms with Crippen molar-refractivity contribution in [3.05, 3.63) is 40.7 Å². The van der Waals surface area contributed by atoms with Crippen LogP contribution in [0.15, 0.2) is 24.0 Å². The lowest BCUT2D eigenvalue weighted by atomic mass is 10.0. The molecule has 0 atom stereocenters. The highest BCUT2D eigenvalue weighted by atomic mass is 16.5. The first-order chi connectivity index (χ1) is 9.53. The predicted octanol–water partition coefficient (Wildman–Crippen LogP) is 4.10. The molecule has 0 bridgehead atoms. The van der Waals surface area contributed by atoms with Crippen LogP contribution in [0.1, 0.15) is 43.9 Å². The highest BCUT2D eigenvalue weighted by Gasteiger charge is 2.14. The Morgan fingerprint density at radius 1 is 1.25 bits per heavy atom. The fraction of sp³-hybridized carbons (Fsp3) is 0.471. The molecule has 1 aromatic rings. The lowest BCUT2D eigenvalue weighted by Crippen LogP contribution is -2.10. The van der Waals surface area contributed by atoms with Gasteiger partial charge in [0.2, 0.25) is 0 Å². The SMILES string of the molecule is C/C=C(\CC)Oc1c(CC(=O)OCC)ccc(C)c1C. The first-order valence-corrected chi connectivity index (χ1v) is 7.11. The summed E-state index contributed by atoms with van der Waals surface area (Å²) in [5.74, 6) is 1.47. The number of aryl methyl sites for hydroxylation is 1. The van der Waals surface area contributed by atoms with Crippen molar-refractivity contribution in [1.29, 1.82) is 0 Å². The maximum absolute atomic E-state index is 11.7. The Morgan fingerprint density at radius 3 is 2.50 bits per heavy atom. The van der Waals surface area contributed by atoms with Crippen molar-refractivity contribution >= 4 is 5.97 Å². The summed E-state index contributed by atoms with van der Waals surface area (Å²) in [6.07, 6.45) is 3.02. The standard InChI is InChI=1S/C17H24O3/c1-6-15(7-2)20-17-13(5)12(4)9-10-14(17)11-16(18)19-8-3/h6,9-10H,7-8,11H2,1-5H3/b15-6+. The molecule has 0 aliphatic carbocycles. The average molecular weight is 276 g/mol. The number of hydrogen-bond donors (Lipinski definition) is 0. The second-order valence-corrected chi connectivity index (χ2v) is 4.69. The third kappa shape index (κ3) is 4.12. The van der Waals surface area contributed by atoms with Crippen LogP contribution in [-0.4, -0.2) is 12.6 Å². The summed E-state index contributed by atoms with van der Waals surface area (Å²) >= 11 is 0. The van der Waals surface area contributed by atoms with E-state index in [2.05, 4.69) is 0 Å². The van der Waals surface area contributed by atoms with E-state index in [4.69, 9.17) is 9.47 Å². The van der Waals surface area contributed by atoms with Crippen LogP contribution < -0.4 is 4.74 Å². The summed E-state index contributed by atoms with van der Waals surface area (Å²) in [5.41, 5.74) is 3.10. The average Bonchev–Trinajstić information content (AvgIpc) is 2.43. The summed E-state index contributed by atoms with van der Waals surface area (Å²) in [7, 11) is 0. The van der Waals surface area contributed by atoms with E-state index < -0.39 is 0 Å². The molecule has 0 fully saturated rings. The number of benzene rings is 1. The summed E-state index contributed by atoms with van der Waals surface area (Å²) in [6, 6.07) is 3.95. The molecule has 1 aromatic carbocycles. The third-order valence-corrected chi connectivity index (χ3v) is 3.30. The van der Waals surface area contributed by atoms with E-state index in [1.54, 1.807) is 0 Å². The van der Waals surface area contributed by atoms with E-state index in [0.717, 1.165) is 34.6 Å². The number of ether oxygens (including phenoxy) is 2. The first kappa shape index (κ1) is 16.3. The number of esters is 1. The van der Waals surface area contributed by atoms with Gasteiger partial charge in [-0.2, -0.15) is 0 Å². The fourth-order valence-corrected chi connectivity index (χ4v) is 1.96. The second kappa shape index (κ2) is 7.73. The minimum absolute atomic E-state index is 0.223. The molecule has 0 N–H and O–H groups in total. The van der Waals surface area contributed by atoms with Gasteiger partial charge in [0.1, 0.15) is 5.75 Å². The molecular formula is C17H24O3. The molecule has 0 saturated carbocycles. The smallest absolute Gasteiger partial charge is 0.310 e. The first-order valence-electron chi connectivity index (χ1n) is 7.11. The van der Waals surface area contributed by atoms with Crippen LogP contribution in [0, 0.1) is 13.8 Å². The maximum atomic E-state index is 11.7. The number of carbonyl (C=O) groups is 1. The fourth-order valence-electron chi connectivity index (χ4n) is 1.96. The van der Waals surface area contributed by atoms with Crippen molar-refractivity contribution in [3.63, 3.8) is 0 Å². The van der Waals surface area contributed by atoms with Crippen LogP contribution in [0.25, 0.3) is 0 Å². The van der Waals surface area contributed by atoms with Crippen LogP contribution in [0.4, 0.5) is 0 Å². The van der Waals surface area contributed by atoms with Crippen molar-refractivity contribution in [2.45, 2.75) is 47.5 Å². The van der Waals surface area contributed by atoms with Gasteiger partial charge in [-0.15, -0.1) is 0 Å². The van der Waals surface area contributed by atoms with Crippen LogP contribution >= 0.6 is 0 Å². The molecule has 20 heavy (non-hydrogen) atoms. The highest BCUT2D eigenvalue weighted by molar-refractivity contribution is 5.74. The number of carbonyl (C=O) groups excluding carboxylic acids is 1. The third-order valence-electron chi connectivity index (χ3n) is 3.30. The number of rotatable bonds is 6. The summed E-state index contributed by atoms with van der Waals surface area (Å²) < 4.78 is 11.0. The zero-order valence-electron chi connectivity index (χ0n) is 13.1. The van der Waals surface area contributed by atoms with Gasteiger partial charge in [-0.25, -0.2) is 0 Å². The molecule has 0 aliphatic heterocycles. The van der Waals surface area contributed by atoms with Gasteiger partial charge in [0.15, 0.2) is 0 Å². The van der Waals surface area contributed by atoms with Crippen LogP contribution in [-0.2, 0) is 16.0 Å². The van der Waals surface area contributed by atoms with Gasteiger partial charge in [0.25, 0.3) is 0 Å². The summed E-state index contributed by atoms with van der Waals surface area (Å²) in [6.45, 7) is 10.3. The number of hydrogen-bond acceptors (Lipinski definition) is 3. The summed E-state index contributed by atoms with van der Waals surface area (Å²) in [5, 5.41) is 0. The molecule has 0 spiro atoms. The maximum Gasteiger partial charge on any atom is 0.310 e. The van der Waals surface area contributed by atoms with E-state index in [1.807, 2.05) is 52.8 Å². The van der Waals surface area contributed by atoms with E-state index in [0.29, 0.717) is 6.61 Å². The molecule has 0 saturated heterocycles. The van der Waals surface area contributed by atoms with Crippen LogP contribution in [0.2, 0.25) is 0 Å². The van der Waals surface area contributed by atoms with Gasteiger partial charge < -0.3 is 9.47 Å². The van der Waals surface area contributed by atoms with Gasteiger partial charge in [0.05, 0.1) is 18.8 Å². The molecule has 0 aliphatic rings. The second-order valence-electron chi connectivity index (χ2n) is 4.69. The van der Waals surface area contributed by atoms with Crippen molar-refractivity contribution in [1.82, 2.24) is 0 Å². The molecular weight excluding hydrogens is 252 g/mol. The van der Waals surface area contributed by atoms with Gasteiger partial charge in [-0.3, -0.25) is 4.79 Å². The minimum atomic E-state index is -0.223. The Kier molecular flexibility index (Phi) is 6.29. The van der Waals surface area contributed by atoms with Gasteiger partial charge >= 0.3 is 5.97 Å².